The van der Waals surface area contributed by atoms with Gasteiger partial charge in [-0.25, -0.2) is 0 Å². The van der Waals surface area contributed by atoms with Crippen molar-refractivity contribution < 1.29 is 9.53 Å². The van der Waals surface area contributed by atoms with Gasteiger partial charge in [-0.15, -0.1) is 0 Å². The molecular formula is C14H20N2O2. The average molecular weight is 248 g/mol. The largest absolute Gasteiger partial charge is 0.381 e. The molecule has 1 aliphatic heterocycles. The van der Waals surface area contributed by atoms with Gasteiger partial charge in [0.2, 0.25) is 5.91 Å². The van der Waals surface area contributed by atoms with E-state index in [9.17, 15) is 4.79 Å². The molecule has 1 atom stereocenters. The summed E-state index contributed by atoms with van der Waals surface area (Å²) < 4.78 is 5.32. The maximum atomic E-state index is 12.0. The number of carbonyl (C=O) groups is 1. The van der Waals surface area contributed by atoms with E-state index >= 15 is 0 Å². The Bertz CT molecular complexity index is 375. The second kappa shape index (κ2) is 6.50. The molecule has 0 aromatic carbocycles. The van der Waals surface area contributed by atoms with Crippen molar-refractivity contribution >= 4 is 5.91 Å². The van der Waals surface area contributed by atoms with Gasteiger partial charge in [0.05, 0.1) is 0 Å². The minimum Gasteiger partial charge on any atom is -0.381 e. The van der Waals surface area contributed by atoms with Crippen molar-refractivity contribution in [2.45, 2.75) is 26.3 Å². The second-order valence-electron chi connectivity index (χ2n) is 4.82. The highest BCUT2D eigenvalue weighted by Crippen LogP contribution is 2.23. The lowest BCUT2D eigenvalue weighted by molar-refractivity contribution is -0.127. The number of pyridine rings is 1. The van der Waals surface area contributed by atoms with Crippen molar-refractivity contribution in [2.24, 2.45) is 11.8 Å². The van der Waals surface area contributed by atoms with Gasteiger partial charge in [0.25, 0.3) is 0 Å². The van der Waals surface area contributed by atoms with Crippen molar-refractivity contribution in [3.63, 3.8) is 0 Å². The topological polar surface area (TPSA) is 51.2 Å². The van der Waals surface area contributed by atoms with Crippen LogP contribution in [0.1, 0.15) is 25.3 Å². The van der Waals surface area contributed by atoms with Gasteiger partial charge in [0, 0.05) is 38.1 Å². The van der Waals surface area contributed by atoms with E-state index < -0.39 is 0 Å². The fourth-order valence-corrected chi connectivity index (χ4v) is 2.28. The number of aromatic nitrogens is 1. The Morgan fingerprint density at radius 2 is 2.33 bits per heavy atom. The van der Waals surface area contributed by atoms with Gasteiger partial charge < -0.3 is 10.1 Å². The first-order valence-electron chi connectivity index (χ1n) is 6.51. The molecule has 1 aliphatic rings. The molecule has 18 heavy (non-hydrogen) atoms. The third kappa shape index (κ3) is 3.53. The standard InChI is InChI=1S/C14H20N2O2/c1-11(13-4-7-18-8-5-13)14(17)16-10-12-3-2-6-15-9-12/h2-3,6,9,11,13H,4-5,7-8,10H2,1H3,(H,16,17). The van der Waals surface area contributed by atoms with Crippen LogP contribution in [0.4, 0.5) is 0 Å². The van der Waals surface area contributed by atoms with E-state index in [1.165, 1.54) is 0 Å². The van der Waals surface area contributed by atoms with E-state index in [0.717, 1.165) is 31.6 Å². The number of amides is 1. The molecule has 1 amide bonds. The molecule has 2 heterocycles. The van der Waals surface area contributed by atoms with Gasteiger partial charge in [0.1, 0.15) is 0 Å². The number of rotatable bonds is 4. The first-order valence-corrected chi connectivity index (χ1v) is 6.51. The van der Waals surface area contributed by atoms with Gasteiger partial charge in [-0.3, -0.25) is 9.78 Å². The molecule has 1 aromatic heterocycles. The molecule has 1 unspecified atom stereocenters. The van der Waals surface area contributed by atoms with Crippen molar-refractivity contribution in [1.82, 2.24) is 10.3 Å². The molecule has 1 fully saturated rings. The summed E-state index contributed by atoms with van der Waals surface area (Å²) in [5.74, 6) is 0.643. The van der Waals surface area contributed by atoms with Crippen LogP contribution in [0, 0.1) is 11.8 Å². The Hall–Kier alpha value is -1.42. The summed E-state index contributed by atoms with van der Waals surface area (Å²) in [5, 5.41) is 2.98. The smallest absolute Gasteiger partial charge is 0.223 e. The number of nitrogens with one attached hydrogen (secondary N) is 1. The van der Waals surface area contributed by atoms with Crippen molar-refractivity contribution in [1.29, 1.82) is 0 Å². The molecule has 0 aliphatic carbocycles. The Kier molecular flexibility index (Phi) is 4.70. The maximum absolute atomic E-state index is 12.0. The third-order valence-corrected chi connectivity index (χ3v) is 3.58. The van der Waals surface area contributed by atoms with Crippen molar-refractivity contribution in [3.05, 3.63) is 30.1 Å². The fourth-order valence-electron chi connectivity index (χ4n) is 2.28. The summed E-state index contributed by atoms with van der Waals surface area (Å²) in [7, 11) is 0. The quantitative estimate of drug-likeness (QED) is 0.883. The van der Waals surface area contributed by atoms with E-state index in [0.29, 0.717) is 12.5 Å². The van der Waals surface area contributed by atoms with Gasteiger partial charge in [-0.05, 0) is 30.4 Å². The van der Waals surface area contributed by atoms with Crippen LogP contribution in [0.3, 0.4) is 0 Å². The number of hydrogen-bond donors (Lipinski definition) is 1. The third-order valence-electron chi connectivity index (χ3n) is 3.58. The number of hydrogen-bond acceptors (Lipinski definition) is 3. The van der Waals surface area contributed by atoms with Crippen molar-refractivity contribution in [2.75, 3.05) is 13.2 Å². The first-order chi connectivity index (χ1) is 8.77. The van der Waals surface area contributed by atoms with Crippen LogP contribution in [-0.4, -0.2) is 24.1 Å². The molecule has 1 saturated heterocycles. The molecule has 2 rings (SSSR count). The summed E-state index contributed by atoms with van der Waals surface area (Å²) in [6.45, 7) is 4.13. The average Bonchev–Trinajstić information content (AvgIpc) is 2.46. The predicted molar refractivity (Wildman–Crippen MR) is 68.8 cm³/mol. The highest BCUT2D eigenvalue weighted by molar-refractivity contribution is 5.78. The van der Waals surface area contributed by atoms with Crippen LogP contribution in [0.2, 0.25) is 0 Å². The lowest BCUT2D eigenvalue weighted by atomic mass is 9.87. The molecule has 4 heteroatoms. The number of carbonyl (C=O) groups excluding carboxylic acids is 1. The fraction of sp³-hybridized carbons (Fsp3) is 0.571. The van der Waals surface area contributed by atoms with Gasteiger partial charge in [-0.1, -0.05) is 13.0 Å². The molecule has 1 N–H and O–H groups in total. The monoisotopic (exact) mass is 248 g/mol. The Morgan fingerprint density at radius 3 is 3.00 bits per heavy atom. The van der Waals surface area contributed by atoms with Crippen LogP contribution >= 0.6 is 0 Å². The molecule has 0 radical (unpaired) electrons. The van der Waals surface area contributed by atoms with Crippen LogP contribution in [0.5, 0.6) is 0 Å². The Morgan fingerprint density at radius 1 is 1.56 bits per heavy atom. The van der Waals surface area contributed by atoms with Gasteiger partial charge in [0.15, 0.2) is 0 Å². The minimum atomic E-state index is 0.0607. The molecule has 0 saturated carbocycles. The number of nitrogens with zero attached hydrogens (tertiary/aromatic N) is 1. The van der Waals surface area contributed by atoms with Gasteiger partial charge in [-0.2, -0.15) is 0 Å². The van der Waals surface area contributed by atoms with Gasteiger partial charge >= 0.3 is 0 Å². The normalized spacial score (nSPS) is 18.3. The summed E-state index contributed by atoms with van der Waals surface area (Å²) in [6, 6.07) is 3.84. The van der Waals surface area contributed by atoms with Crippen molar-refractivity contribution in [3.8, 4) is 0 Å². The molecule has 1 aromatic rings. The summed E-state index contributed by atoms with van der Waals surface area (Å²) >= 11 is 0. The lowest BCUT2D eigenvalue weighted by Gasteiger charge is -2.26. The summed E-state index contributed by atoms with van der Waals surface area (Å²) in [4.78, 5) is 16.1. The maximum Gasteiger partial charge on any atom is 0.223 e. The molecule has 0 bridgehead atoms. The van der Waals surface area contributed by atoms with E-state index in [-0.39, 0.29) is 11.8 Å². The number of ether oxygens (including phenoxy) is 1. The van der Waals surface area contributed by atoms with Crippen LogP contribution in [0.15, 0.2) is 24.5 Å². The Labute approximate surface area is 108 Å². The van der Waals surface area contributed by atoms with Crippen LogP contribution in [0.25, 0.3) is 0 Å². The van der Waals surface area contributed by atoms with E-state index in [4.69, 9.17) is 4.74 Å². The molecule has 98 valence electrons. The molecule has 0 spiro atoms. The highest BCUT2D eigenvalue weighted by Gasteiger charge is 2.25. The lowest BCUT2D eigenvalue weighted by Crippen LogP contribution is -2.35. The first kappa shape index (κ1) is 13.0. The summed E-state index contributed by atoms with van der Waals surface area (Å²) in [6.07, 6.45) is 5.48. The van der Waals surface area contributed by atoms with E-state index in [1.807, 2.05) is 19.1 Å². The van der Waals surface area contributed by atoms with Crippen LogP contribution < -0.4 is 5.32 Å². The highest BCUT2D eigenvalue weighted by atomic mass is 16.5. The second-order valence-corrected chi connectivity index (χ2v) is 4.82. The van der Waals surface area contributed by atoms with E-state index in [2.05, 4.69) is 10.3 Å². The zero-order valence-corrected chi connectivity index (χ0v) is 10.8. The van der Waals surface area contributed by atoms with Crippen LogP contribution in [-0.2, 0) is 16.1 Å². The molecule has 4 nitrogen and oxygen atoms in total. The minimum absolute atomic E-state index is 0.0607. The molecular weight excluding hydrogens is 228 g/mol. The predicted octanol–water partition coefficient (Wildman–Crippen LogP) is 1.76. The SMILES string of the molecule is CC(C(=O)NCc1cccnc1)C1CCOCC1. The summed E-state index contributed by atoms with van der Waals surface area (Å²) in [5.41, 5.74) is 1.03. The Balaban J connectivity index is 1.80. The zero-order chi connectivity index (χ0) is 12.8. The van der Waals surface area contributed by atoms with E-state index in [1.54, 1.807) is 12.4 Å². The zero-order valence-electron chi connectivity index (χ0n) is 10.8.